The van der Waals surface area contributed by atoms with Crippen LogP contribution in [0.3, 0.4) is 0 Å². The summed E-state index contributed by atoms with van der Waals surface area (Å²) >= 11 is 0. The number of nitrogens with one attached hydrogen (secondary N) is 1. The van der Waals surface area contributed by atoms with Gasteiger partial charge in [-0.2, -0.15) is 0 Å². The predicted octanol–water partition coefficient (Wildman–Crippen LogP) is 3.80. The van der Waals surface area contributed by atoms with Crippen LogP contribution in [0.15, 0.2) is 41.3 Å². The second kappa shape index (κ2) is 8.43. The summed E-state index contributed by atoms with van der Waals surface area (Å²) in [5, 5.41) is 12.9. The van der Waals surface area contributed by atoms with Crippen LogP contribution in [0, 0.1) is 19.3 Å². The number of aromatic carboxylic acids is 1. The van der Waals surface area contributed by atoms with Crippen molar-refractivity contribution >= 4 is 23.1 Å². The molecule has 0 saturated carbocycles. The Labute approximate surface area is 198 Å². The molecule has 1 spiro atoms. The van der Waals surface area contributed by atoms with Crippen LogP contribution in [-0.2, 0) is 4.74 Å². The number of pyridine rings is 1. The number of aryl methyl sites for hydroxylation is 1. The highest BCUT2D eigenvalue weighted by Gasteiger charge is 2.42. The van der Waals surface area contributed by atoms with Crippen LogP contribution in [0.25, 0.3) is 5.65 Å². The average molecular weight is 463 g/mol. The molecule has 4 heterocycles. The summed E-state index contributed by atoms with van der Waals surface area (Å²) in [5.41, 5.74) is 3.82. The highest BCUT2D eigenvalue weighted by atomic mass is 16.5. The van der Waals surface area contributed by atoms with Gasteiger partial charge < -0.3 is 20.1 Å². The Morgan fingerprint density at radius 2 is 2.06 bits per heavy atom. The molecule has 2 N–H and O–H groups in total. The minimum atomic E-state index is -0.990. The summed E-state index contributed by atoms with van der Waals surface area (Å²) in [6.07, 6.45) is 3.90. The van der Waals surface area contributed by atoms with E-state index in [1.807, 2.05) is 33.0 Å². The van der Waals surface area contributed by atoms with Gasteiger partial charge in [0.25, 0.3) is 5.56 Å². The van der Waals surface area contributed by atoms with Crippen molar-refractivity contribution in [3.8, 4) is 0 Å². The smallest absolute Gasteiger partial charge is 0.337 e. The third-order valence-electron chi connectivity index (χ3n) is 7.21. The first-order chi connectivity index (χ1) is 16.3. The molecule has 2 aromatic heterocycles. The van der Waals surface area contributed by atoms with E-state index in [4.69, 9.17) is 9.72 Å². The third kappa shape index (κ3) is 3.81. The Kier molecular flexibility index (Phi) is 5.56. The molecule has 178 valence electrons. The van der Waals surface area contributed by atoms with Crippen LogP contribution in [0.5, 0.6) is 0 Å². The van der Waals surface area contributed by atoms with Crippen LogP contribution < -0.4 is 15.8 Å². The van der Waals surface area contributed by atoms with Gasteiger partial charge in [0.2, 0.25) is 0 Å². The van der Waals surface area contributed by atoms with E-state index in [2.05, 4.69) is 10.2 Å². The summed E-state index contributed by atoms with van der Waals surface area (Å²) in [7, 11) is 0. The molecule has 0 amide bonds. The molecular weight excluding hydrogens is 432 g/mol. The number of carboxylic acids is 1. The fourth-order valence-electron chi connectivity index (χ4n) is 5.30. The number of hydrogen-bond acceptors (Lipinski definition) is 6. The summed E-state index contributed by atoms with van der Waals surface area (Å²) in [5.74, 6) is -0.257. The van der Waals surface area contributed by atoms with E-state index in [0.717, 1.165) is 56.1 Å². The van der Waals surface area contributed by atoms with E-state index in [-0.39, 0.29) is 22.6 Å². The summed E-state index contributed by atoms with van der Waals surface area (Å²) in [4.78, 5) is 32.3. The van der Waals surface area contributed by atoms with Gasteiger partial charge in [-0.3, -0.25) is 9.20 Å². The quantitative estimate of drug-likeness (QED) is 0.595. The lowest BCUT2D eigenvalue weighted by Gasteiger charge is -2.25. The number of carboxylic acid groups (broad SMARTS) is 1. The monoisotopic (exact) mass is 462 g/mol. The molecule has 8 heteroatoms. The molecular formula is C26H30N4O4. The lowest BCUT2D eigenvalue weighted by Crippen LogP contribution is -2.31. The molecule has 0 radical (unpaired) electrons. The average Bonchev–Trinajstić information content (AvgIpc) is 3.45. The Morgan fingerprint density at radius 1 is 1.26 bits per heavy atom. The molecule has 8 nitrogen and oxygen atoms in total. The van der Waals surface area contributed by atoms with Crippen molar-refractivity contribution in [1.82, 2.24) is 9.38 Å². The van der Waals surface area contributed by atoms with Crippen LogP contribution in [0.1, 0.15) is 52.9 Å². The van der Waals surface area contributed by atoms with Crippen LogP contribution in [0.4, 0.5) is 11.5 Å². The number of anilines is 2. The number of fused-ring (bicyclic) bond motifs is 1. The zero-order valence-electron chi connectivity index (χ0n) is 19.8. The van der Waals surface area contributed by atoms with Crippen molar-refractivity contribution in [2.45, 2.75) is 39.7 Å². The van der Waals surface area contributed by atoms with Crippen LogP contribution >= 0.6 is 0 Å². The molecule has 2 aliphatic heterocycles. The first kappa shape index (κ1) is 22.4. The third-order valence-corrected chi connectivity index (χ3v) is 7.21. The molecule has 0 bridgehead atoms. The van der Waals surface area contributed by atoms with E-state index in [9.17, 15) is 14.7 Å². The SMILES string of the molecule is Cc1cc(C(C)Nc2ccccc2C(=O)O)c2nc(N3CCC4(CCOC4)C3)c(C)c(=O)n2c1. The van der Waals surface area contributed by atoms with Crippen molar-refractivity contribution in [2.24, 2.45) is 5.41 Å². The zero-order valence-corrected chi connectivity index (χ0v) is 19.8. The largest absolute Gasteiger partial charge is 0.478 e. The Balaban J connectivity index is 1.57. The normalized spacial score (nSPS) is 20.9. The summed E-state index contributed by atoms with van der Waals surface area (Å²) < 4.78 is 7.29. The van der Waals surface area contributed by atoms with Gasteiger partial charge in [-0.05, 0) is 57.4 Å². The Hall–Kier alpha value is -3.39. The van der Waals surface area contributed by atoms with E-state index in [0.29, 0.717) is 16.9 Å². The molecule has 2 aliphatic rings. The molecule has 3 aromatic rings. The summed E-state index contributed by atoms with van der Waals surface area (Å²) in [6.45, 7) is 9.01. The van der Waals surface area contributed by atoms with E-state index in [1.54, 1.807) is 28.7 Å². The second-order valence-electron chi connectivity index (χ2n) is 9.72. The van der Waals surface area contributed by atoms with Crippen LogP contribution in [-0.4, -0.2) is 46.8 Å². The number of benzene rings is 1. The maximum Gasteiger partial charge on any atom is 0.337 e. The number of carbonyl (C=O) groups is 1. The van der Waals surface area contributed by atoms with Crippen LogP contribution in [0.2, 0.25) is 0 Å². The standard InChI is InChI=1S/C26H30N4O4/c1-16-12-20(18(3)27-21-7-5-4-6-19(21)25(32)33)23-28-22(17(2)24(31)30(23)13-16)29-10-8-26(14-29)9-11-34-15-26/h4-7,12-13,18,27H,8-11,14-15H2,1-3H3,(H,32,33). The highest BCUT2D eigenvalue weighted by Crippen LogP contribution is 2.40. The minimum Gasteiger partial charge on any atom is -0.478 e. The minimum absolute atomic E-state index is 0.0771. The highest BCUT2D eigenvalue weighted by molar-refractivity contribution is 5.94. The van der Waals surface area contributed by atoms with Crippen molar-refractivity contribution < 1.29 is 14.6 Å². The molecule has 1 aromatic carbocycles. The van der Waals surface area contributed by atoms with Crippen molar-refractivity contribution in [3.05, 3.63) is 69.1 Å². The Morgan fingerprint density at radius 3 is 2.79 bits per heavy atom. The van der Waals surface area contributed by atoms with Crippen molar-refractivity contribution in [3.63, 3.8) is 0 Å². The van der Waals surface area contributed by atoms with E-state index < -0.39 is 5.97 Å². The van der Waals surface area contributed by atoms with Gasteiger partial charge in [-0.15, -0.1) is 0 Å². The molecule has 2 saturated heterocycles. The van der Waals surface area contributed by atoms with Gasteiger partial charge in [0.05, 0.1) is 23.8 Å². The molecule has 2 unspecified atom stereocenters. The number of ether oxygens (including phenoxy) is 1. The number of hydrogen-bond donors (Lipinski definition) is 2. The number of nitrogens with zero attached hydrogens (tertiary/aromatic N) is 3. The molecule has 2 atom stereocenters. The Bertz CT molecular complexity index is 1330. The van der Waals surface area contributed by atoms with Gasteiger partial charge in [0.15, 0.2) is 0 Å². The maximum atomic E-state index is 13.4. The number of para-hydroxylation sites is 1. The topological polar surface area (TPSA) is 96.2 Å². The second-order valence-corrected chi connectivity index (χ2v) is 9.72. The maximum absolute atomic E-state index is 13.4. The predicted molar refractivity (Wildman–Crippen MR) is 131 cm³/mol. The fourth-order valence-corrected chi connectivity index (χ4v) is 5.30. The molecule has 34 heavy (non-hydrogen) atoms. The van der Waals surface area contributed by atoms with Gasteiger partial charge in [-0.25, -0.2) is 9.78 Å². The van der Waals surface area contributed by atoms with E-state index in [1.165, 1.54) is 0 Å². The number of aromatic nitrogens is 2. The lowest BCUT2D eigenvalue weighted by atomic mass is 9.87. The first-order valence-corrected chi connectivity index (χ1v) is 11.7. The van der Waals surface area contributed by atoms with E-state index >= 15 is 0 Å². The van der Waals surface area contributed by atoms with Gasteiger partial charge in [-0.1, -0.05) is 12.1 Å². The molecule has 0 aliphatic carbocycles. The first-order valence-electron chi connectivity index (χ1n) is 11.7. The van der Waals surface area contributed by atoms with Gasteiger partial charge in [0.1, 0.15) is 11.5 Å². The van der Waals surface area contributed by atoms with Crippen molar-refractivity contribution in [2.75, 3.05) is 36.5 Å². The molecule has 5 rings (SSSR count). The lowest BCUT2D eigenvalue weighted by molar-refractivity contribution is 0.0698. The van der Waals surface area contributed by atoms with Gasteiger partial charge in [0, 0.05) is 42.6 Å². The fraction of sp³-hybridized carbons (Fsp3) is 0.423. The van der Waals surface area contributed by atoms with Gasteiger partial charge >= 0.3 is 5.97 Å². The van der Waals surface area contributed by atoms with Crippen molar-refractivity contribution in [1.29, 1.82) is 0 Å². The summed E-state index contributed by atoms with van der Waals surface area (Å²) in [6, 6.07) is 8.57. The zero-order chi connectivity index (χ0) is 24.0. The number of rotatable bonds is 5. The molecule has 2 fully saturated rings.